The van der Waals surface area contributed by atoms with E-state index in [0.29, 0.717) is 23.7 Å². The highest BCUT2D eigenvalue weighted by Crippen LogP contribution is 2.30. The summed E-state index contributed by atoms with van der Waals surface area (Å²) in [7, 11) is 0. The van der Waals surface area contributed by atoms with Crippen LogP contribution in [0.15, 0.2) is 70.8 Å². The van der Waals surface area contributed by atoms with Gasteiger partial charge in [-0.15, -0.1) is 11.8 Å². The fraction of sp³-hybridized carbons (Fsp3) is 0.407. The lowest BCUT2D eigenvalue weighted by Crippen LogP contribution is -2.49. The third-order valence-corrected chi connectivity index (χ3v) is 7.30. The highest BCUT2D eigenvalue weighted by Gasteiger charge is 2.34. The van der Waals surface area contributed by atoms with Crippen LogP contribution in [0.5, 0.6) is 0 Å². The summed E-state index contributed by atoms with van der Waals surface area (Å²) in [5, 5.41) is 5.84. The lowest BCUT2D eigenvalue weighted by atomic mass is 9.89. The molecule has 0 unspecified atom stereocenters. The van der Waals surface area contributed by atoms with E-state index in [4.69, 9.17) is 4.74 Å². The van der Waals surface area contributed by atoms with E-state index in [-0.39, 0.29) is 18.6 Å². The molecule has 2 aromatic rings. The first-order valence-corrected chi connectivity index (χ1v) is 13.2. The van der Waals surface area contributed by atoms with E-state index < -0.39 is 6.04 Å². The third kappa shape index (κ3) is 6.02. The number of carbonyl (C=O) groups excluding carboxylic acids is 2. The smallest absolute Gasteiger partial charge is 0.338 e. The van der Waals surface area contributed by atoms with Crippen molar-refractivity contribution in [1.29, 1.82) is 0 Å². The Balaban J connectivity index is 1.51. The zero-order valence-corrected chi connectivity index (χ0v) is 20.7. The predicted octanol–water partition coefficient (Wildman–Crippen LogP) is 4.53. The van der Waals surface area contributed by atoms with E-state index in [1.54, 1.807) is 18.7 Å². The SMILES string of the molecule is CCOC(=O)C1=C(CN2CCC(Cc3ccccc3)CC2)NC(=O)N[C@@H]1c1ccc(SC)cc1. The number of urea groups is 1. The molecule has 6 nitrogen and oxygen atoms in total. The Labute approximate surface area is 206 Å². The van der Waals surface area contributed by atoms with Gasteiger partial charge in [0.05, 0.1) is 18.2 Å². The van der Waals surface area contributed by atoms with Gasteiger partial charge in [-0.05, 0) is 74.7 Å². The minimum atomic E-state index is -0.533. The Morgan fingerprint density at radius 3 is 2.44 bits per heavy atom. The molecule has 0 bridgehead atoms. The molecule has 2 amide bonds. The standard InChI is InChI=1S/C27H33N3O3S/c1-3-33-26(31)24-23(28-27(32)29-25(24)21-9-11-22(34-2)12-10-21)18-30-15-13-20(14-16-30)17-19-7-5-4-6-8-19/h4-12,20,25H,3,13-18H2,1-2H3,(H2,28,29,32)/t25-/m1/s1. The maximum atomic E-state index is 13.0. The molecule has 180 valence electrons. The van der Waals surface area contributed by atoms with Crippen molar-refractivity contribution in [2.75, 3.05) is 32.5 Å². The quantitative estimate of drug-likeness (QED) is 0.430. The largest absolute Gasteiger partial charge is 0.463 e. The number of likely N-dealkylation sites (tertiary alicyclic amines) is 1. The molecule has 1 fully saturated rings. The number of esters is 1. The van der Waals surface area contributed by atoms with Crippen LogP contribution in [-0.2, 0) is 16.0 Å². The monoisotopic (exact) mass is 479 g/mol. The fourth-order valence-electron chi connectivity index (χ4n) is 4.76. The second kappa shape index (κ2) is 11.6. The molecule has 2 aromatic carbocycles. The van der Waals surface area contributed by atoms with E-state index in [2.05, 4.69) is 45.9 Å². The summed E-state index contributed by atoms with van der Waals surface area (Å²) in [5.74, 6) is 0.269. The van der Waals surface area contributed by atoms with Crippen LogP contribution in [0.2, 0.25) is 0 Å². The first-order valence-electron chi connectivity index (χ1n) is 11.9. The van der Waals surface area contributed by atoms with Crippen molar-refractivity contribution in [3.63, 3.8) is 0 Å². The number of benzene rings is 2. The van der Waals surface area contributed by atoms with Gasteiger partial charge in [-0.2, -0.15) is 0 Å². The van der Waals surface area contributed by atoms with E-state index in [1.165, 1.54) is 5.56 Å². The number of nitrogens with one attached hydrogen (secondary N) is 2. The predicted molar refractivity (Wildman–Crippen MR) is 136 cm³/mol. The van der Waals surface area contributed by atoms with Gasteiger partial charge in [-0.3, -0.25) is 4.90 Å². The molecule has 2 N–H and O–H groups in total. The molecular weight excluding hydrogens is 446 g/mol. The molecule has 4 rings (SSSR count). The van der Waals surface area contributed by atoms with Crippen LogP contribution in [0.1, 0.15) is 36.9 Å². The van der Waals surface area contributed by atoms with Crippen molar-refractivity contribution >= 4 is 23.8 Å². The van der Waals surface area contributed by atoms with Crippen molar-refractivity contribution in [1.82, 2.24) is 15.5 Å². The zero-order chi connectivity index (χ0) is 23.9. The van der Waals surface area contributed by atoms with Crippen molar-refractivity contribution in [3.8, 4) is 0 Å². The second-order valence-corrected chi connectivity index (χ2v) is 9.71. The van der Waals surface area contributed by atoms with Crippen molar-refractivity contribution in [3.05, 3.63) is 77.0 Å². The van der Waals surface area contributed by atoms with Crippen LogP contribution in [0.4, 0.5) is 4.79 Å². The van der Waals surface area contributed by atoms with Gasteiger partial charge in [0.2, 0.25) is 0 Å². The molecule has 34 heavy (non-hydrogen) atoms. The van der Waals surface area contributed by atoms with Gasteiger partial charge in [0.25, 0.3) is 0 Å². The molecule has 0 aromatic heterocycles. The Kier molecular flexibility index (Phi) is 8.29. The molecular formula is C27H33N3O3S. The number of hydrogen-bond acceptors (Lipinski definition) is 5. The minimum absolute atomic E-state index is 0.284. The van der Waals surface area contributed by atoms with Gasteiger partial charge in [-0.1, -0.05) is 42.5 Å². The lowest BCUT2D eigenvalue weighted by Gasteiger charge is -2.35. The second-order valence-electron chi connectivity index (χ2n) is 8.83. The van der Waals surface area contributed by atoms with Gasteiger partial charge < -0.3 is 15.4 Å². The van der Waals surface area contributed by atoms with Crippen LogP contribution in [0, 0.1) is 5.92 Å². The Morgan fingerprint density at radius 1 is 1.09 bits per heavy atom. The Hall–Kier alpha value is -2.77. The molecule has 0 radical (unpaired) electrons. The van der Waals surface area contributed by atoms with E-state index >= 15 is 0 Å². The van der Waals surface area contributed by atoms with E-state index in [1.807, 2.05) is 30.5 Å². The Morgan fingerprint density at radius 2 is 1.79 bits per heavy atom. The van der Waals surface area contributed by atoms with Crippen molar-refractivity contribution in [2.45, 2.75) is 37.1 Å². The topological polar surface area (TPSA) is 70.7 Å². The molecule has 0 saturated carbocycles. The zero-order valence-electron chi connectivity index (χ0n) is 19.9. The minimum Gasteiger partial charge on any atom is -0.463 e. The number of amides is 2. The number of rotatable bonds is 8. The number of nitrogens with zero attached hydrogens (tertiary/aromatic N) is 1. The van der Waals surface area contributed by atoms with Gasteiger partial charge in [0, 0.05) is 17.1 Å². The third-order valence-electron chi connectivity index (χ3n) is 6.55. The highest BCUT2D eigenvalue weighted by atomic mass is 32.2. The summed E-state index contributed by atoms with van der Waals surface area (Å²) < 4.78 is 5.41. The fourth-order valence-corrected chi connectivity index (χ4v) is 5.17. The van der Waals surface area contributed by atoms with Gasteiger partial charge in [0.15, 0.2) is 0 Å². The number of piperidine rings is 1. The van der Waals surface area contributed by atoms with E-state index in [9.17, 15) is 9.59 Å². The summed E-state index contributed by atoms with van der Waals surface area (Å²) in [6.45, 7) is 4.49. The normalized spacial score (nSPS) is 19.5. The van der Waals surface area contributed by atoms with Crippen LogP contribution in [0.3, 0.4) is 0 Å². The van der Waals surface area contributed by atoms with Crippen LogP contribution in [-0.4, -0.2) is 49.4 Å². The van der Waals surface area contributed by atoms with Crippen molar-refractivity contribution in [2.24, 2.45) is 5.92 Å². The number of carbonyl (C=O) groups is 2. The number of thioether (sulfide) groups is 1. The summed E-state index contributed by atoms with van der Waals surface area (Å²) in [5.41, 5.74) is 3.39. The van der Waals surface area contributed by atoms with Gasteiger partial charge in [0.1, 0.15) is 0 Å². The Bertz CT molecular complexity index is 1020. The summed E-state index contributed by atoms with van der Waals surface area (Å²) >= 11 is 1.65. The molecule has 0 aliphatic carbocycles. The van der Waals surface area contributed by atoms with Crippen LogP contribution in [0.25, 0.3) is 0 Å². The van der Waals surface area contributed by atoms with Crippen molar-refractivity contribution < 1.29 is 14.3 Å². The molecule has 2 heterocycles. The first kappa shape index (κ1) is 24.4. The highest BCUT2D eigenvalue weighted by molar-refractivity contribution is 7.98. The van der Waals surface area contributed by atoms with Gasteiger partial charge >= 0.3 is 12.0 Å². The first-order chi connectivity index (χ1) is 16.6. The lowest BCUT2D eigenvalue weighted by molar-refractivity contribution is -0.139. The number of hydrogen-bond donors (Lipinski definition) is 2. The van der Waals surface area contributed by atoms with Gasteiger partial charge in [-0.25, -0.2) is 9.59 Å². The molecule has 0 spiro atoms. The summed E-state index contributed by atoms with van der Waals surface area (Å²) in [6, 6.07) is 17.8. The molecule has 2 aliphatic rings. The molecule has 1 saturated heterocycles. The average molecular weight is 480 g/mol. The average Bonchev–Trinajstić information content (AvgIpc) is 2.86. The van der Waals surface area contributed by atoms with Crippen LogP contribution >= 0.6 is 11.8 Å². The summed E-state index contributed by atoms with van der Waals surface area (Å²) in [6.07, 6.45) is 5.32. The number of ether oxygens (including phenoxy) is 1. The van der Waals surface area contributed by atoms with E-state index in [0.717, 1.165) is 42.8 Å². The van der Waals surface area contributed by atoms with Crippen LogP contribution < -0.4 is 10.6 Å². The molecule has 2 aliphatic heterocycles. The maximum absolute atomic E-state index is 13.0. The molecule has 1 atom stereocenters. The maximum Gasteiger partial charge on any atom is 0.338 e. The molecule has 7 heteroatoms. The summed E-state index contributed by atoms with van der Waals surface area (Å²) in [4.78, 5) is 29.1.